The zero-order chi connectivity index (χ0) is 22.6. The third kappa shape index (κ3) is 3.79. The van der Waals surface area contributed by atoms with Gasteiger partial charge in [-0.25, -0.2) is 0 Å². The number of allylic oxidation sites excluding steroid dienone is 3. The molecular weight excluding hydrogens is 380 g/mol. The number of rotatable bonds is 5. The number of aliphatic hydroxyl groups excluding tert-OH is 1. The highest BCUT2D eigenvalue weighted by molar-refractivity contribution is 5.94. The average Bonchev–Trinajstić information content (AvgIpc) is 3.06. The second-order valence-electron chi connectivity index (χ2n) is 12.4. The Balaban J connectivity index is 1.57. The smallest absolute Gasteiger partial charge is 0.159 e. The molecule has 1 N–H and O–H groups in total. The van der Waals surface area contributed by atoms with E-state index >= 15 is 0 Å². The van der Waals surface area contributed by atoms with Crippen LogP contribution >= 0.6 is 0 Å². The molecule has 0 amide bonds. The van der Waals surface area contributed by atoms with Gasteiger partial charge in [-0.2, -0.15) is 0 Å². The molecule has 3 fully saturated rings. The number of ketones is 1. The van der Waals surface area contributed by atoms with E-state index in [0.29, 0.717) is 47.7 Å². The van der Waals surface area contributed by atoms with Crippen molar-refractivity contribution >= 4 is 5.78 Å². The molecule has 0 aliphatic heterocycles. The Morgan fingerprint density at radius 3 is 2.48 bits per heavy atom. The van der Waals surface area contributed by atoms with Gasteiger partial charge in [0.15, 0.2) is 5.78 Å². The molecule has 0 unspecified atom stereocenters. The predicted molar refractivity (Wildman–Crippen MR) is 129 cm³/mol. The summed E-state index contributed by atoms with van der Waals surface area (Å²) >= 11 is 0. The SMILES string of the molecule is CC[C@@H](C=C[C@@H](C)[C@H]1CC[C@H]2[C@@H]3C(=O)C=C4C[C@@H](O)CC[C@]4(C)[C@H]3CC[C@]12C)C(C)C. The molecule has 3 saturated carbocycles. The Kier molecular flexibility index (Phi) is 6.36. The highest BCUT2D eigenvalue weighted by atomic mass is 16.3. The molecule has 0 aromatic heterocycles. The number of carbonyl (C=O) groups excluding carboxylic acids is 1. The van der Waals surface area contributed by atoms with E-state index < -0.39 is 0 Å². The van der Waals surface area contributed by atoms with Crippen LogP contribution in [-0.2, 0) is 4.79 Å². The average molecular weight is 427 g/mol. The van der Waals surface area contributed by atoms with Crippen molar-refractivity contribution in [2.75, 3.05) is 0 Å². The van der Waals surface area contributed by atoms with Crippen molar-refractivity contribution in [3.05, 3.63) is 23.8 Å². The molecular formula is C29H46O2. The summed E-state index contributed by atoms with van der Waals surface area (Å²) in [5.74, 6) is 4.27. The van der Waals surface area contributed by atoms with Gasteiger partial charge >= 0.3 is 0 Å². The Labute approximate surface area is 191 Å². The van der Waals surface area contributed by atoms with Gasteiger partial charge in [0.25, 0.3) is 0 Å². The lowest BCUT2D eigenvalue weighted by molar-refractivity contribution is -0.134. The van der Waals surface area contributed by atoms with Crippen molar-refractivity contribution in [3.8, 4) is 0 Å². The van der Waals surface area contributed by atoms with E-state index in [1.54, 1.807) is 0 Å². The van der Waals surface area contributed by atoms with E-state index in [1.807, 2.05) is 6.08 Å². The van der Waals surface area contributed by atoms with Crippen LogP contribution in [-0.4, -0.2) is 17.0 Å². The first-order valence-corrected chi connectivity index (χ1v) is 13.2. The van der Waals surface area contributed by atoms with E-state index in [1.165, 1.54) is 37.7 Å². The Bertz CT molecular complexity index is 748. The van der Waals surface area contributed by atoms with E-state index in [0.717, 1.165) is 12.8 Å². The minimum Gasteiger partial charge on any atom is -0.393 e. The number of carbonyl (C=O) groups is 1. The summed E-state index contributed by atoms with van der Waals surface area (Å²) in [5, 5.41) is 10.2. The lowest BCUT2D eigenvalue weighted by Gasteiger charge is -2.57. The Morgan fingerprint density at radius 1 is 1.06 bits per heavy atom. The summed E-state index contributed by atoms with van der Waals surface area (Å²) in [5.41, 5.74) is 1.68. The topological polar surface area (TPSA) is 37.3 Å². The molecule has 4 aliphatic carbocycles. The lowest BCUT2D eigenvalue weighted by atomic mass is 9.46. The largest absolute Gasteiger partial charge is 0.393 e. The summed E-state index contributed by atoms with van der Waals surface area (Å²) in [4.78, 5) is 13.5. The minimum absolute atomic E-state index is 0.133. The van der Waals surface area contributed by atoms with Crippen LogP contribution in [0.3, 0.4) is 0 Å². The molecule has 4 aliphatic rings. The first kappa shape index (κ1) is 23.3. The summed E-state index contributed by atoms with van der Waals surface area (Å²) in [7, 11) is 0. The van der Waals surface area contributed by atoms with Gasteiger partial charge in [-0.15, -0.1) is 0 Å². The minimum atomic E-state index is -0.251. The monoisotopic (exact) mass is 426 g/mol. The third-order valence-corrected chi connectivity index (χ3v) is 10.6. The van der Waals surface area contributed by atoms with Gasteiger partial charge in [-0.1, -0.05) is 59.3 Å². The predicted octanol–water partition coefficient (Wildman–Crippen LogP) is 6.98. The van der Waals surface area contributed by atoms with Crippen LogP contribution in [0.15, 0.2) is 23.8 Å². The van der Waals surface area contributed by atoms with Crippen molar-refractivity contribution in [1.82, 2.24) is 0 Å². The summed E-state index contributed by atoms with van der Waals surface area (Å²) in [6, 6.07) is 0. The van der Waals surface area contributed by atoms with Crippen LogP contribution in [0, 0.1) is 52.3 Å². The van der Waals surface area contributed by atoms with Crippen LogP contribution in [0.1, 0.15) is 92.9 Å². The highest BCUT2D eigenvalue weighted by Gasteiger charge is 2.61. The van der Waals surface area contributed by atoms with Crippen LogP contribution in [0.2, 0.25) is 0 Å². The van der Waals surface area contributed by atoms with E-state index in [2.05, 4.69) is 53.7 Å². The van der Waals surface area contributed by atoms with Crippen LogP contribution in [0.25, 0.3) is 0 Å². The molecule has 2 heteroatoms. The maximum absolute atomic E-state index is 13.5. The molecule has 9 atom stereocenters. The third-order valence-electron chi connectivity index (χ3n) is 10.6. The molecule has 174 valence electrons. The first-order valence-electron chi connectivity index (χ1n) is 13.2. The van der Waals surface area contributed by atoms with Crippen molar-refractivity contribution in [2.24, 2.45) is 52.3 Å². The maximum Gasteiger partial charge on any atom is 0.159 e. The first-order chi connectivity index (χ1) is 14.6. The molecule has 0 aromatic carbocycles. The fourth-order valence-corrected chi connectivity index (χ4v) is 8.57. The molecule has 2 nitrogen and oxygen atoms in total. The van der Waals surface area contributed by atoms with Crippen molar-refractivity contribution in [3.63, 3.8) is 0 Å². The van der Waals surface area contributed by atoms with Gasteiger partial charge in [-0.05, 0) is 104 Å². The molecule has 4 rings (SSSR count). The van der Waals surface area contributed by atoms with Crippen LogP contribution < -0.4 is 0 Å². The fraction of sp³-hybridized carbons (Fsp3) is 0.828. The molecule has 0 bridgehead atoms. The van der Waals surface area contributed by atoms with Gasteiger partial charge in [0.1, 0.15) is 0 Å². The second kappa shape index (κ2) is 8.47. The molecule has 0 radical (unpaired) electrons. The van der Waals surface area contributed by atoms with Gasteiger partial charge in [0.05, 0.1) is 6.10 Å². The molecule has 0 aromatic rings. The van der Waals surface area contributed by atoms with Crippen molar-refractivity contribution < 1.29 is 9.90 Å². The number of fused-ring (bicyclic) bond motifs is 5. The van der Waals surface area contributed by atoms with E-state index in [4.69, 9.17) is 0 Å². The zero-order valence-electron chi connectivity index (χ0n) is 20.9. The van der Waals surface area contributed by atoms with Gasteiger partial charge < -0.3 is 5.11 Å². The summed E-state index contributed by atoms with van der Waals surface area (Å²) < 4.78 is 0. The quantitative estimate of drug-likeness (QED) is 0.481. The molecule has 0 spiro atoms. The van der Waals surface area contributed by atoms with Crippen LogP contribution in [0.5, 0.6) is 0 Å². The highest BCUT2D eigenvalue weighted by Crippen LogP contribution is 2.66. The molecule has 31 heavy (non-hydrogen) atoms. The van der Waals surface area contributed by atoms with E-state index in [9.17, 15) is 9.90 Å². The number of hydrogen-bond acceptors (Lipinski definition) is 2. The second-order valence-corrected chi connectivity index (χ2v) is 12.4. The zero-order valence-corrected chi connectivity index (χ0v) is 20.9. The Hall–Kier alpha value is -0.890. The molecule has 0 saturated heterocycles. The lowest BCUT2D eigenvalue weighted by Crippen LogP contribution is -2.53. The molecule has 0 heterocycles. The Morgan fingerprint density at radius 2 is 1.81 bits per heavy atom. The van der Waals surface area contributed by atoms with Crippen molar-refractivity contribution in [2.45, 2.75) is 99.0 Å². The van der Waals surface area contributed by atoms with Gasteiger partial charge in [-0.3, -0.25) is 4.79 Å². The standard InChI is InChI=1S/C29H46O2/c1-7-20(18(2)3)9-8-19(4)23-10-11-24-27-25(13-15-29(23,24)6)28(5)14-12-22(30)16-21(28)17-26(27)31/h8-9,17-20,22-25,27,30H,7,10-16H2,1-6H3/t19-,20+,22+,23-,24+,25+,27+,28+,29-/m1/s1. The normalized spacial score (nSPS) is 44.6. The van der Waals surface area contributed by atoms with Gasteiger partial charge in [0, 0.05) is 5.92 Å². The maximum atomic E-state index is 13.5. The fourth-order valence-electron chi connectivity index (χ4n) is 8.57. The van der Waals surface area contributed by atoms with Crippen molar-refractivity contribution in [1.29, 1.82) is 0 Å². The van der Waals surface area contributed by atoms with E-state index in [-0.39, 0.29) is 22.9 Å². The van der Waals surface area contributed by atoms with Crippen LogP contribution in [0.4, 0.5) is 0 Å². The summed E-state index contributed by atoms with van der Waals surface area (Å²) in [6.07, 6.45) is 15.6. The number of aliphatic hydroxyl groups is 1. The van der Waals surface area contributed by atoms with Gasteiger partial charge in [0.2, 0.25) is 0 Å². The summed E-state index contributed by atoms with van der Waals surface area (Å²) in [6.45, 7) is 14.3. The number of hydrogen-bond donors (Lipinski definition) is 1.